The number of rotatable bonds is 4. The largest absolute Gasteiger partial charge is 0.493 e. The van der Waals surface area contributed by atoms with Gasteiger partial charge in [-0.15, -0.1) is 0 Å². The molecule has 2 rings (SSSR count). The van der Waals surface area contributed by atoms with Crippen molar-refractivity contribution in [1.82, 2.24) is 9.78 Å². The average Bonchev–Trinajstić information content (AvgIpc) is 2.82. The van der Waals surface area contributed by atoms with Crippen LogP contribution in [-0.4, -0.2) is 34.7 Å². The van der Waals surface area contributed by atoms with Crippen LogP contribution < -0.4 is 4.74 Å². The van der Waals surface area contributed by atoms with Gasteiger partial charge in [-0.1, -0.05) is 13.8 Å². The first-order valence-electron chi connectivity index (χ1n) is 6.96. The molecule has 19 heavy (non-hydrogen) atoms. The Morgan fingerprint density at radius 1 is 1.63 bits per heavy atom. The SMILES string of the molecule is CCn1ncc(OC)c1C1(O)CCOC(C(C)C)C1. The summed E-state index contributed by atoms with van der Waals surface area (Å²) in [5.41, 5.74) is -0.128. The van der Waals surface area contributed by atoms with Gasteiger partial charge in [0.2, 0.25) is 0 Å². The Morgan fingerprint density at radius 3 is 2.95 bits per heavy atom. The van der Waals surface area contributed by atoms with Crippen molar-refractivity contribution in [3.8, 4) is 5.75 Å². The number of nitrogens with zero attached hydrogens (tertiary/aromatic N) is 2. The lowest BCUT2D eigenvalue weighted by Gasteiger charge is -2.38. The van der Waals surface area contributed by atoms with Crippen LogP contribution in [0.4, 0.5) is 0 Å². The first-order valence-corrected chi connectivity index (χ1v) is 6.96. The minimum Gasteiger partial charge on any atom is -0.493 e. The molecule has 2 heterocycles. The molecule has 0 radical (unpaired) electrons. The molecule has 1 aliphatic heterocycles. The van der Waals surface area contributed by atoms with Crippen LogP contribution in [0.15, 0.2) is 6.20 Å². The van der Waals surface area contributed by atoms with Crippen molar-refractivity contribution in [3.05, 3.63) is 11.9 Å². The minimum absolute atomic E-state index is 0.0728. The molecule has 1 aromatic heterocycles. The molecule has 0 amide bonds. The molecule has 1 fully saturated rings. The lowest BCUT2D eigenvalue weighted by Crippen LogP contribution is -2.42. The fourth-order valence-corrected chi connectivity index (χ4v) is 2.74. The predicted octanol–water partition coefficient (Wildman–Crippen LogP) is 1.93. The third-order valence-electron chi connectivity index (χ3n) is 3.90. The Kier molecular flexibility index (Phi) is 4.16. The summed E-state index contributed by atoms with van der Waals surface area (Å²) in [4.78, 5) is 0. The van der Waals surface area contributed by atoms with E-state index in [-0.39, 0.29) is 6.10 Å². The number of hydrogen-bond acceptors (Lipinski definition) is 4. The summed E-state index contributed by atoms with van der Waals surface area (Å²) in [7, 11) is 1.61. The van der Waals surface area contributed by atoms with Crippen LogP contribution in [0, 0.1) is 5.92 Å². The molecular weight excluding hydrogens is 244 g/mol. The molecule has 1 aliphatic rings. The summed E-state index contributed by atoms with van der Waals surface area (Å²) >= 11 is 0. The summed E-state index contributed by atoms with van der Waals surface area (Å²) in [6.07, 6.45) is 2.92. The maximum atomic E-state index is 11.1. The lowest BCUT2D eigenvalue weighted by molar-refractivity contribution is -0.125. The monoisotopic (exact) mass is 268 g/mol. The Labute approximate surface area is 114 Å². The Morgan fingerprint density at radius 2 is 2.37 bits per heavy atom. The smallest absolute Gasteiger partial charge is 0.162 e. The maximum Gasteiger partial charge on any atom is 0.162 e. The van der Waals surface area contributed by atoms with Gasteiger partial charge < -0.3 is 14.6 Å². The van der Waals surface area contributed by atoms with Crippen LogP contribution in [0.2, 0.25) is 0 Å². The predicted molar refractivity (Wildman–Crippen MR) is 72.2 cm³/mol. The van der Waals surface area contributed by atoms with Crippen molar-refractivity contribution in [3.63, 3.8) is 0 Å². The zero-order valence-corrected chi connectivity index (χ0v) is 12.2. The van der Waals surface area contributed by atoms with Crippen molar-refractivity contribution in [2.45, 2.75) is 51.9 Å². The second-order valence-electron chi connectivity index (χ2n) is 5.52. The third-order valence-corrected chi connectivity index (χ3v) is 3.90. The van der Waals surface area contributed by atoms with Gasteiger partial charge in [-0.3, -0.25) is 4.68 Å². The van der Waals surface area contributed by atoms with Gasteiger partial charge in [0, 0.05) is 19.4 Å². The highest BCUT2D eigenvalue weighted by Gasteiger charge is 2.42. The average molecular weight is 268 g/mol. The van der Waals surface area contributed by atoms with E-state index in [1.807, 2.05) is 11.6 Å². The van der Waals surface area contributed by atoms with Crippen molar-refractivity contribution < 1.29 is 14.6 Å². The first-order chi connectivity index (χ1) is 9.01. The van der Waals surface area contributed by atoms with E-state index in [4.69, 9.17) is 9.47 Å². The third kappa shape index (κ3) is 2.62. The molecule has 1 saturated heterocycles. The van der Waals surface area contributed by atoms with E-state index in [9.17, 15) is 5.11 Å². The molecule has 5 heteroatoms. The van der Waals surface area contributed by atoms with Gasteiger partial charge in [-0.05, 0) is 12.8 Å². The fourth-order valence-electron chi connectivity index (χ4n) is 2.74. The summed E-state index contributed by atoms with van der Waals surface area (Å²) in [5, 5.41) is 15.3. The van der Waals surface area contributed by atoms with E-state index < -0.39 is 5.60 Å². The standard InChI is InChI=1S/C14H24N2O3/c1-5-16-13(12(18-4)9-15-16)14(17)6-7-19-11(8-14)10(2)3/h9-11,17H,5-8H2,1-4H3. The van der Waals surface area contributed by atoms with Gasteiger partial charge in [0.15, 0.2) is 5.75 Å². The second kappa shape index (κ2) is 5.51. The van der Waals surface area contributed by atoms with Crippen LogP contribution in [0.25, 0.3) is 0 Å². The van der Waals surface area contributed by atoms with Gasteiger partial charge in [0.25, 0.3) is 0 Å². The molecule has 108 valence electrons. The van der Waals surface area contributed by atoms with Crippen molar-refractivity contribution in [1.29, 1.82) is 0 Å². The topological polar surface area (TPSA) is 56.5 Å². The quantitative estimate of drug-likeness (QED) is 0.906. The highest BCUT2D eigenvalue weighted by Crippen LogP contribution is 2.40. The van der Waals surface area contributed by atoms with Crippen LogP contribution in [-0.2, 0) is 16.9 Å². The molecule has 0 aliphatic carbocycles. The molecule has 0 spiro atoms. The molecule has 2 atom stereocenters. The van der Waals surface area contributed by atoms with E-state index in [1.165, 1.54) is 0 Å². The van der Waals surface area contributed by atoms with Gasteiger partial charge in [-0.25, -0.2) is 0 Å². The van der Waals surface area contributed by atoms with E-state index in [0.29, 0.717) is 37.7 Å². The Bertz CT molecular complexity index is 409. The molecule has 2 unspecified atom stereocenters. The highest BCUT2D eigenvalue weighted by atomic mass is 16.5. The summed E-state index contributed by atoms with van der Waals surface area (Å²) in [5.74, 6) is 1.05. The zero-order valence-electron chi connectivity index (χ0n) is 12.2. The number of aryl methyl sites for hydroxylation is 1. The zero-order chi connectivity index (χ0) is 14.0. The molecular formula is C14H24N2O3. The van der Waals surface area contributed by atoms with Crippen LogP contribution in [0.5, 0.6) is 5.75 Å². The van der Waals surface area contributed by atoms with Crippen LogP contribution >= 0.6 is 0 Å². The Balaban J connectivity index is 2.35. The highest BCUT2D eigenvalue weighted by molar-refractivity contribution is 5.31. The van der Waals surface area contributed by atoms with E-state index >= 15 is 0 Å². The lowest BCUT2D eigenvalue weighted by atomic mass is 9.83. The van der Waals surface area contributed by atoms with E-state index in [1.54, 1.807) is 13.3 Å². The minimum atomic E-state index is -0.912. The molecule has 1 aromatic rings. The van der Waals surface area contributed by atoms with Gasteiger partial charge in [-0.2, -0.15) is 5.10 Å². The number of hydrogen-bond donors (Lipinski definition) is 1. The molecule has 0 bridgehead atoms. The van der Waals surface area contributed by atoms with Crippen LogP contribution in [0.1, 0.15) is 39.3 Å². The maximum absolute atomic E-state index is 11.1. The first kappa shape index (κ1) is 14.3. The number of methoxy groups -OCH3 is 1. The van der Waals surface area contributed by atoms with Crippen molar-refractivity contribution in [2.75, 3.05) is 13.7 Å². The number of ether oxygens (including phenoxy) is 2. The summed E-state index contributed by atoms with van der Waals surface area (Å²) < 4.78 is 12.9. The molecule has 1 N–H and O–H groups in total. The summed E-state index contributed by atoms with van der Waals surface area (Å²) in [6.45, 7) is 7.53. The van der Waals surface area contributed by atoms with Crippen molar-refractivity contribution >= 4 is 0 Å². The molecule has 5 nitrogen and oxygen atoms in total. The molecule has 0 aromatic carbocycles. The van der Waals surface area contributed by atoms with E-state index in [0.717, 1.165) is 5.69 Å². The number of aliphatic hydroxyl groups is 1. The van der Waals surface area contributed by atoms with Gasteiger partial charge >= 0.3 is 0 Å². The second-order valence-corrected chi connectivity index (χ2v) is 5.52. The summed E-state index contributed by atoms with van der Waals surface area (Å²) in [6, 6.07) is 0. The fraction of sp³-hybridized carbons (Fsp3) is 0.786. The van der Waals surface area contributed by atoms with E-state index in [2.05, 4.69) is 18.9 Å². The van der Waals surface area contributed by atoms with Gasteiger partial charge in [0.1, 0.15) is 11.3 Å². The van der Waals surface area contributed by atoms with Crippen molar-refractivity contribution in [2.24, 2.45) is 5.92 Å². The Hall–Kier alpha value is -1.07. The molecule has 0 saturated carbocycles. The van der Waals surface area contributed by atoms with Gasteiger partial charge in [0.05, 0.1) is 26.0 Å². The van der Waals surface area contributed by atoms with Crippen LogP contribution in [0.3, 0.4) is 0 Å². The number of aromatic nitrogens is 2. The normalized spacial score (nSPS) is 27.8.